The summed E-state index contributed by atoms with van der Waals surface area (Å²) in [6.45, 7) is 0. The van der Waals surface area contributed by atoms with Gasteiger partial charge in [-0.05, 0) is 62.2 Å². The maximum Gasteiger partial charge on any atom is 0.104 e. The van der Waals surface area contributed by atoms with Crippen LogP contribution in [0.4, 0.5) is 0 Å². The molecule has 3 heterocycles. The van der Waals surface area contributed by atoms with Crippen LogP contribution in [0.3, 0.4) is 0 Å². The van der Waals surface area contributed by atoms with Gasteiger partial charge in [-0.1, -0.05) is 12.1 Å². The van der Waals surface area contributed by atoms with E-state index in [2.05, 4.69) is 46.8 Å². The molecular weight excluding hydrogens is 382 g/mol. The van der Waals surface area contributed by atoms with Crippen molar-refractivity contribution < 1.29 is 0 Å². The topological polar surface area (TPSA) is 38.7 Å². The standard InChI is InChI=1S/C15H9Br2N3/c16-10-7-9-19-15(14(10)17)13-6-3-5-12(20-13)11-4-1-2-8-18-11/h1-9H. The second-order valence-corrected chi connectivity index (χ2v) is 5.73. The number of pyridine rings is 3. The van der Waals surface area contributed by atoms with Crippen molar-refractivity contribution in [3.05, 3.63) is 63.8 Å². The molecule has 0 aliphatic heterocycles. The maximum absolute atomic E-state index is 4.64. The van der Waals surface area contributed by atoms with Crippen LogP contribution in [-0.4, -0.2) is 15.0 Å². The fourth-order valence-corrected chi connectivity index (χ4v) is 2.57. The van der Waals surface area contributed by atoms with Gasteiger partial charge in [0.15, 0.2) is 0 Å². The van der Waals surface area contributed by atoms with Crippen molar-refractivity contribution in [1.29, 1.82) is 0 Å². The lowest BCUT2D eigenvalue weighted by Crippen LogP contribution is -1.92. The molecule has 0 saturated heterocycles. The van der Waals surface area contributed by atoms with Gasteiger partial charge in [-0.25, -0.2) is 4.98 Å². The van der Waals surface area contributed by atoms with Gasteiger partial charge >= 0.3 is 0 Å². The average molecular weight is 391 g/mol. The molecule has 0 spiro atoms. The first-order valence-electron chi connectivity index (χ1n) is 5.94. The smallest absolute Gasteiger partial charge is 0.104 e. The van der Waals surface area contributed by atoms with Crippen LogP contribution in [0.5, 0.6) is 0 Å². The van der Waals surface area contributed by atoms with Gasteiger partial charge in [0.05, 0.1) is 21.6 Å². The molecule has 5 heteroatoms. The van der Waals surface area contributed by atoms with Gasteiger partial charge in [-0.3, -0.25) is 9.97 Å². The third kappa shape index (κ3) is 2.64. The van der Waals surface area contributed by atoms with Crippen LogP contribution in [0.15, 0.2) is 63.8 Å². The van der Waals surface area contributed by atoms with E-state index in [4.69, 9.17) is 0 Å². The number of rotatable bonds is 2. The Morgan fingerprint density at radius 2 is 1.50 bits per heavy atom. The van der Waals surface area contributed by atoms with Crippen LogP contribution in [0.2, 0.25) is 0 Å². The molecule has 0 amide bonds. The van der Waals surface area contributed by atoms with Gasteiger partial charge in [-0.2, -0.15) is 0 Å². The minimum atomic E-state index is 0.803. The first kappa shape index (κ1) is 13.4. The zero-order chi connectivity index (χ0) is 13.9. The second kappa shape index (κ2) is 5.81. The summed E-state index contributed by atoms with van der Waals surface area (Å²) in [7, 11) is 0. The number of hydrogen-bond acceptors (Lipinski definition) is 3. The fraction of sp³-hybridized carbons (Fsp3) is 0. The molecule has 0 unspecified atom stereocenters. The highest BCUT2D eigenvalue weighted by atomic mass is 79.9. The Morgan fingerprint density at radius 3 is 2.30 bits per heavy atom. The third-order valence-electron chi connectivity index (χ3n) is 2.76. The normalized spacial score (nSPS) is 10.5. The van der Waals surface area contributed by atoms with E-state index in [9.17, 15) is 0 Å². The van der Waals surface area contributed by atoms with Gasteiger partial charge in [0.1, 0.15) is 5.69 Å². The summed E-state index contributed by atoms with van der Waals surface area (Å²) < 4.78 is 1.85. The van der Waals surface area contributed by atoms with Gasteiger partial charge in [-0.15, -0.1) is 0 Å². The van der Waals surface area contributed by atoms with Gasteiger partial charge in [0, 0.05) is 16.9 Å². The first-order chi connectivity index (χ1) is 9.75. The Hall–Kier alpha value is -1.59. The molecule has 0 atom stereocenters. The molecule has 0 aromatic carbocycles. The summed E-state index contributed by atoms with van der Waals surface area (Å²) in [5, 5.41) is 0. The van der Waals surface area contributed by atoms with E-state index in [0.29, 0.717) is 0 Å². The molecule has 0 bridgehead atoms. The molecule has 20 heavy (non-hydrogen) atoms. The maximum atomic E-state index is 4.64. The van der Waals surface area contributed by atoms with Crippen LogP contribution >= 0.6 is 31.9 Å². The van der Waals surface area contributed by atoms with Crippen molar-refractivity contribution in [2.45, 2.75) is 0 Å². The summed E-state index contributed by atoms with van der Waals surface area (Å²) >= 11 is 7.01. The van der Waals surface area contributed by atoms with E-state index >= 15 is 0 Å². The highest BCUT2D eigenvalue weighted by Gasteiger charge is 2.10. The molecule has 0 aliphatic rings. The van der Waals surface area contributed by atoms with E-state index in [1.54, 1.807) is 12.4 Å². The Morgan fingerprint density at radius 1 is 0.700 bits per heavy atom. The molecule has 3 nitrogen and oxygen atoms in total. The van der Waals surface area contributed by atoms with E-state index < -0.39 is 0 Å². The number of halogens is 2. The lowest BCUT2D eigenvalue weighted by molar-refractivity contribution is 1.21. The fourth-order valence-electron chi connectivity index (χ4n) is 1.82. The van der Waals surface area contributed by atoms with Crippen LogP contribution in [0, 0.1) is 0 Å². The SMILES string of the molecule is Brc1ccnc(-c2cccc(-c3ccccn3)n2)c1Br. The van der Waals surface area contributed by atoms with Crippen LogP contribution in [-0.2, 0) is 0 Å². The van der Waals surface area contributed by atoms with Crippen molar-refractivity contribution in [3.63, 3.8) is 0 Å². The van der Waals surface area contributed by atoms with Gasteiger partial charge in [0.25, 0.3) is 0 Å². The van der Waals surface area contributed by atoms with Crippen molar-refractivity contribution in [2.75, 3.05) is 0 Å². The molecule has 0 saturated carbocycles. The van der Waals surface area contributed by atoms with Crippen LogP contribution in [0.25, 0.3) is 22.8 Å². The quantitative estimate of drug-likeness (QED) is 0.634. The van der Waals surface area contributed by atoms with Crippen LogP contribution in [0.1, 0.15) is 0 Å². The van der Waals surface area contributed by atoms with E-state index in [0.717, 1.165) is 31.7 Å². The second-order valence-electron chi connectivity index (χ2n) is 4.08. The molecule has 0 radical (unpaired) electrons. The molecule has 0 fully saturated rings. The molecule has 3 aromatic heterocycles. The predicted octanol–water partition coefficient (Wildman–Crippen LogP) is 4.73. The van der Waals surface area contributed by atoms with Crippen molar-refractivity contribution in [2.24, 2.45) is 0 Å². The number of hydrogen-bond donors (Lipinski definition) is 0. The van der Waals surface area contributed by atoms with Crippen molar-refractivity contribution in [3.8, 4) is 22.8 Å². The molecule has 3 aromatic rings. The summed E-state index contributed by atoms with van der Waals surface area (Å²) in [5.41, 5.74) is 3.29. The molecule has 0 N–H and O–H groups in total. The van der Waals surface area contributed by atoms with E-state index in [1.165, 1.54) is 0 Å². The lowest BCUT2D eigenvalue weighted by Gasteiger charge is -2.06. The van der Waals surface area contributed by atoms with E-state index in [1.807, 2.05) is 42.5 Å². The van der Waals surface area contributed by atoms with Gasteiger partial charge in [0.2, 0.25) is 0 Å². The largest absolute Gasteiger partial charge is 0.255 e. The molecule has 0 aliphatic carbocycles. The predicted molar refractivity (Wildman–Crippen MR) is 86.1 cm³/mol. The summed E-state index contributed by atoms with van der Waals surface area (Å²) in [6, 6.07) is 13.5. The van der Waals surface area contributed by atoms with Crippen molar-refractivity contribution >= 4 is 31.9 Å². The molecule has 98 valence electrons. The summed E-state index contributed by atoms with van der Waals surface area (Å²) in [4.78, 5) is 13.3. The zero-order valence-corrected chi connectivity index (χ0v) is 13.5. The monoisotopic (exact) mass is 389 g/mol. The number of nitrogens with zero attached hydrogens (tertiary/aromatic N) is 3. The Kier molecular flexibility index (Phi) is 3.89. The minimum Gasteiger partial charge on any atom is -0.255 e. The average Bonchev–Trinajstić information content (AvgIpc) is 2.51. The lowest BCUT2D eigenvalue weighted by atomic mass is 10.2. The number of aromatic nitrogens is 3. The molecule has 3 rings (SSSR count). The van der Waals surface area contributed by atoms with Crippen molar-refractivity contribution in [1.82, 2.24) is 15.0 Å². The Labute approximate surface area is 133 Å². The molecular formula is C15H9Br2N3. The first-order valence-corrected chi connectivity index (χ1v) is 7.53. The van der Waals surface area contributed by atoms with Gasteiger partial charge < -0.3 is 0 Å². The summed E-state index contributed by atoms with van der Waals surface area (Å²) in [6.07, 6.45) is 3.51. The summed E-state index contributed by atoms with van der Waals surface area (Å²) in [5.74, 6) is 0. The highest BCUT2D eigenvalue weighted by Crippen LogP contribution is 2.31. The Balaban J connectivity index is 2.10. The minimum absolute atomic E-state index is 0.803. The zero-order valence-electron chi connectivity index (χ0n) is 10.3. The van der Waals surface area contributed by atoms with Crippen LogP contribution < -0.4 is 0 Å². The Bertz CT molecular complexity index is 745. The van der Waals surface area contributed by atoms with E-state index in [-0.39, 0.29) is 0 Å². The third-order valence-corrected chi connectivity index (χ3v) is 4.76. The highest BCUT2D eigenvalue weighted by molar-refractivity contribution is 9.13.